The second-order valence-electron chi connectivity index (χ2n) is 5.11. The molecule has 17 heavy (non-hydrogen) atoms. The Morgan fingerprint density at radius 1 is 1.35 bits per heavy atom. The van der Waals surface area contributed by atoms with Crippen molar-refractivity contribution in [3.05, 3.63) is 29.8 Å². The maximum absolute atomic E-state index is 9.65. The number of hydrogen-bond acceptors (Lipinski definition) is 3. The van der Waals surface area contributed by atoms with Crippen molar-refractivity contribution in [2.24, 2.45) is 0 Å². The Hall–Kier alpha value is -1.06. The van der Waals surface area contributed by atoms with E-state index in [0.717, 1.165) is 12.2 Å². The van der Waals surface area contributed by atoms with Gasteiger partial charge in [0.1, 0.15) is 5.75 Å². The molecule has 0 aliphatic carbocycles. The third kappa shape index (κ3) is 5.20. The van der Waals surface area contributed by atoms with Crippen LogP contribution in [0.3, 0.4) is 0 Å². The Balaban J connectivity index is 2.53. The smallest absolute Gasteiger partial charge is 0.122 e. The molecule has 0 aromatic heterocycles. The standard InChI is InChI=1S/C14H23NO2/c1-11(15-10-14(2,3)16)9-12-7-5-6-8-13(12)17-4/h5-8,11,15-16H,9-10H2,1-4H3. The number of para-hydroxylation sites is 1. The summed E-state index contributed by atoms with van der Waals surface area (Å²) in [6.07, 6.45) is 0.889. The van der Waals surface area contributed by atoms with E-state index in [1.165, 1.54) is 5.56 Å². The number of aliphatic hydroxyl groups is 1. The van der Waals surface area contributed by atoms with E-state index in [4.69, 9.17) is 4.74 Å². The lowest BCUT2D eigenvalue weighted by Crippen LogP contribution is -2.40. The second-order valence-corrected chi connectivity index (χ2v) is 5.11. The van der Waals surface area contributed by atoms with Crippen molar-refractivity contribution in [1.82, 2.24) is 5.32 Å². The van der Waals surface area contributed by atoms with Gasteiger partial charge in [0.05, 0.1) is 12.7 Å². The summed E-state index contributed by atoms with van der Waals surface area (Å²) in [5.41, 5.74) is 0.514. The average Bonchev–Trinajstić information content (AvgIpc) is 2.26. The zero-order valence-electron chi connectivity index (χ0n) is 11.2. The van der Waals surface area contributed by atoms with Gasteiger partial charge in [-0.2, -0.15) is 0 Å². The van der Waals surface area contributed by atoms with Crippen LogP contribution in [0.5, 0.6) is 5.75 Å². The first-order valence-corrected chi connectivity index (χ1v) is 6.00. The fraction of sp³-hybridized carbons (Fsp3) is 0.571. The monoisotopic (exact) mass is 237 g/mol. The molecule has 0 fully saturated rings. The summed E-state index contributed by atoms with van der Waals surface area (Å²) < 4.78 is 5.31. The zero-order chi connectivity index (χ0) is 12.9. The highest BCUT2D eigenvalue weighted by Gasteiger charge is 2.14. The van der Waals surface area contributed by atoms with E-state index in [2.05, 4.69) is 18.3 Å². The predicted octanol–water partition coefficient (Wildman–Crippen LogP) is 1.99. The van der Waals surface area contributed by atoms with Gasteiger partial charge in [-0.1, -0.05) is 18.2 Å². The maximum Gasteiger partial charge on any atom is 0.122 e. The fourth-order valence-corrected chi connectivity index (χ4v) is 1.70. The summed E-state index contributed by atoms with van der Waals surface area (Å²) in [5.74, 6) is 0.921. The van der Waals surface area contributed by atoms with Crippen molar-refractivity contribution < 1.29 is 9.84 Å². The minimum atomic E-state index is -0.672. The summed E-state index contributed by atoms with van der Waals surface area (Å²) >= 11 is 0. The molecule has 0 bridgehead atoms. The van der Waals surface area contributed by atoms with Crippen molar-refractivity contribution >= 4 is 0 Å². The van der Waals surface area contributed by atoms with Crippen LogP contribution in [-0.4, -0.2) is 30.4 Å². The van der Waals surface area contributed by atoms with Crippen molar-refractivity contribution in [3.8, 4) is 5.75 Å². The summed E-state index contributed by atoms with van der Waals surface area (Å²) in [4.78, 5) is 0. The van der Waals surface area contributed by atoms with Gasteiger partial charge in [0, 0.05) is 12.6 Å². The molecular weight excluding hydrogens is 214 g/mol. The first-order valence-electron chi connectivity index (χ1n) is 6.00. The molecular formula is C14H23NO2. The van der Waals surface area contributed by atoms with Crippen LogP contribution in [-0.2, 0) is 6.42 Å². The number of benzene rings is 1. The molecule has 0 aliphatic heterocycles. The van der Waals surface area contributed by atoms with Crippen LogP contribution in [0.25, 0.3) is 0 Å². The van der Waals surface area contributed by atoms with Gasteiger partial charge in [-0.05, 0) is 38.8 Å². The van der Waals surface area contributed by atoms with Gasteiger partial charge in [0.25, 0.3) is 0 Å². The second kappa shape index (κ2) is 6.03. The zero-order valence-corrected chi connectivity index (χ0v) is 11.2. The molecule has 1 aromatic rings. The van der Waals surface area contributed by atoms with E-state index in [1.807, 2.05) is 18.2 Å². The Labute approximate surface area is 104 Å². The van der Waals surface area contributed by atoms with Gasteiger partial charge >= 0.3 is 0 Å². The molecule has 1 rings (SSSR count). The van der Waals surface area contributed by atoms with E-state index in [-0.39, 0.29) is 0 Å². The van der Waals surface area contributed by atoms with Gasteiger partial charge in [0.2, 0.25) is 0 Å². The molecule has 1 unspecified atom stereocenters. The first kappa shape index (κ1) is 14.0. The summed E-state index contributed by atoms with van der Waals surface area (Å²) in [5, 5.41) is 13.0. The number of hydrogen-bond donors (Lipinski definition) is 2. The van der Waals surface area contributed by atoms with Crippen LogP contribution >= 0.6 is 0 Å². The molecule has 0 spiro atoms. The molecule has 0 aliphatic rings. The fourth-order valence-electron chi connectivity index (χ4n) is 1.70. The van der Waals surface area contributed by atoms with Crippen LogP contribution < -0.4 is 10.1 Å². The highest BCUT2D eigenvalue weighted by molar-refractivity contribution is 5.33. The van der Waals surface area contributed by atoms with Crippen LogP contribution in [0.1, 0.15) is 26.3 Å². The third-order valence-electron chi connectivity index (χ3n) is 2.60. The molecule has 0 saturated carbocycles. The number of methoxy groups -OCH3 is 1. The first-order chi connectivity index (χ1) is 7.92. The Morgan fingerprint density at radius 3 is 2.59 bits per heavy atom. The van der Waals surface area contributed by atoms with Crippen molar-refractivity contribution in [1.29, 1.82) is 0 Å². The molecule has 3 nitrogen and oxygen atoms in total. The lowest BCUT2D eigenvalue weighted by Gasteiger charge is -2.22. The van der Waals surface area contributed by atoms with Gasteiger partial charge < -0.3 is 15.2 Å². The van der Waals surface area contributed by atoms with Crippen LogP contribution in [0, 0.1) is 0 Å². The predicted molar refractivity (Wildman–Crippen MR) is 70.5 cm³/mol. The SMILES string of the molecule is COc1ccccc1CC(C)NCC(C)(C)O. The summed E-state index contributed by atoms with van der Waals surface area (Å²) in [6, 6.07) is 8.33. The number of nitrogens with one attached hydrogen (secondary N) is 1. The van der Waals surface area contributed by atoms with E-state index in [1.54, 1.807) is 21.0 Å². The van der Waals surface area contributed by atoms with Gasteiger partial charge in [-0.3, -0.25) is 0 Å². The topological polar surface area (TPSA) is 41.5 Å². The molecule has 2 N–H and O–H groups in total. The quantitative estimate of drug-likeness (QED) is 0.795. The molecule has 1 aromatic carbocycles. The highest BCUT2D eigenvalue weighted by atomic mass is 16.5. The number of rotatable bonds is 6. The molecule has 0 radical (unpaired) electrons. The largest absolute Gasteiger partial charge is 0.496 e. The summed E-state index contributed by atoms with van der Waals surface area (Å²) in [6.45, 7) is 6.30. The molecule has 3 heteroatoms. The Kier molecular flexibility index (Phi) is 4.97. The molecule has 0 heterocycles. The Morgan fingerprint density at radius 2 is 2.00 bits per heavy atom. The third-order valence-corrected chi connectivity index (χ3v) is 2.60. The number of ether oxygens (including phenoxy) is 1. The van der Waals surface area contributed by atoms with Crippen LogP contribution in [0.2, 0.25) is 0 Å². The maximum atomic E-state index is 9.65. The van der Waals surface area contributed by atoms with Gasteiger partial charge in [-0.25, -0.2) is 0 Å². The molecule has 0 amide bonds. The van der Waals surface area contributed by atoms with Crippen LogP contribution in [0.4, 0.5) is 0 Å². The summed E-state index contributed by atoms with van der Waals surface area (Å²) in [7, 11) is 1.69. The van der Waals surface area contributed by atoms with Crippen molar-refractivity contribution in [2.45, 2.75) is 38.8 Å². The average molecular weight is 237 g/mol. The van der Waals surface area contributed by atoms with Crippen molar-refractivity contribution in [2.75, 3.05) is 13.7 Å². The van der Waals surface area contributed by atoms with E-state index in [0.29, 0.717) is 12.6 Å². The van der Waals surface area contributed by atoms with Gasteiger partial charge in [0.15, 0.2) is 0 Å². The lowest BCUT2D eigenvalue weighted by molar-refractivity contribution is 0.0770. The van der Waals surface area contributed by atoms with E-state index >= 15 is 0 Å². The molecule has 0 saturated heterocycles. The van der Waals surface area contributed by atoms with E-state index in [9.17, 15) is 5.11 Å². The molecule has 96 valence electrons. The normalized spacial score (nSPS) is 13.5. The minimum Gasteiger partial charge on any atom is -0.496 e. The highest BCUT2D eigenvalue weighted by Crippen LogP contribution is 2.18. The molecule has 1 atom stereocenters. The van der Waals surface area contributed by atoms with Crippen molar-refractivity contribution in [3.63, 3.8) is 0 Å². The van der Waals surface area contributed by atoms with Gasteiger partial charge in [-0.15, -0.1) is 0 Å². The lowest BCUT2D eigenvalue weighted by atomic mass is 10.0. The Bertz CT molecular complexity index is 344. The van der Waals surface area contributed by atoms with E-state index < -0.39 is 5.60 Å². The minimum absolute atomic E-state index is 0.303. The van der Waals surface area contributed by atoms with Crippen LogP contribution in [0.15, 0.2) is 24.3 Å².